The third-order valence-electron chi connectivity index (χ3n) is 2.55. The molecule has 0 saturated carbocycles. The number of ether oxygens (including phenoxy) is 1. The van der Waals surface area contributed by atoms with E-state index in [2.05, 4.69) is 5.32 Å². The molecule has 1 rings (SSSR count). The number of rotatable bonds is 6. The number of carbonyl (C=O) groups excluding carboxylic acids is 1. The Labute approximate surface area is 112 Å². The number of methoxy groups -OCH3 is 1. The van der Waals surface area contributed by atoms with Crippen LogP contribution in [0.25, 0.3) is 0 Å². The Bertz CT molecular complexity index is 409. The molecule has 1 aromatic rings. The maximum absolute atomic E-state index is 11.8. The fraction of sp³-hybridized carbons (Fsp3) is 0.462. The molecule has 1 amide bonds. The second kappa shape index (κ2) is 7.24. The number of aryl methyl sites for hydroxylation is 1. The van der Waals surface area contributed by atoms with E-state index in [0.29, 0.717) is 25.1 Å². The number of nitrogens with one attached hydrogen (secondary N) is 1. The summed E-state index contributed by atoms with van der Waals surface area (Å²) in [5.74, 6) is -0.00116. The van der Waals surface area contributed by atoms with Crippen molar-refractivity contribution >= 4 is 17.5 Å². The summed E-state index contributed by atoms with van der Waals surface area (Å²) in [7, 11) is 1.59. The Morgan fingerprint density at radius 2 is 2.28 bits per heavy atom. The van der Waals surface area contributed by atoms with E-state index in [1.54, 1.807) is 26.2 Å². The number of hydrogen-bond donors (Lipinski definition) is 2. The molecule has 0 aliphatic heterocycles. The maximum Gasteiger partial charge on any atom is 0.251 e. The number of phenols is 1. The Hall–Kier alpha value is -1.26. The summed E-state index contributed by atoms with van der Waals surface area (Å²) in [4.78, 5) is 11.8. The Morgan fingerprint density at radius 3 is 2.89 bits per heavy atom. The van der Waals surface area contributed by atoms with Gasteiger partial charge >= 0.3 is 0 Å². The highest BCUT2D eigenvalue weighted by Gasteiger charge is 2.10. The van der Waals surface area contributed by atoms with Crippen LogP contribution in [0.1, 0.15) is 22.3 Å². The van der Waals surface area contributed by atoms with Gasteiger partial charge in [0.2, 0.25) is 0 Å². The lowest BCUT2D eigenvalue weighted by molar-refractivity contribution is 0.0951. The summed E-state index contributed by atoms with van der Waals surface area (Å²) >= 11 is 5.95. The van der Waals surface area contributed by atoms with E-state index in [1.165, 1.54) is 6.07 Å². The van der Waals surface area contributed by atoms with Crippen LogP contribution in [-0.4, -0.2) is 36.7 Å². The summed E-state index contributed by atoms with van der Waals surface area (Å²) in [6.07, 6.45) is 0.651. The summed E-state index contributed by atoms with van der Waals surface area (Å²) in [6.45, 7) is 2.75. The molecule has 5 heteroatoms. The van der Waals surface area contributed by atoms with Gasteiger partial charge in [-0.05, 0) is 37.1 Å². The van der Waals surface area contributed by atoms with E-state index in [1.807, 2.05) is 0 Å². The first-order valence-electron chi connectivity index (χ1n) is 5.75. The van der Waals surface area contributed by atoms with Crippen molar-refractivity contribution in [3.05, 3.63) is 29.3 Å². The topological polar surface area (TPSA) is 58.6 Å². The third kappa shape index (κ3) is 4.55. The Kier molecular flexibility index (Phi) is 5.95. The zero-order chi connectivity index (χ0) is 13.5. The lowest BCUT2D eigenvalue weighted by Gasteiger charge is -2.10. The van der Waals surface area contributed by atoms with Crippen molar-refractivity contribution in [2.24, 2.45) is 0 Å². The van der Waals surface area contributed by atoms with Crippen molar-refractivity contribution in [1.82, 2.24) is 5.32 Å². The highest BCUT2D eigenvalue weighted by atomic mass is 35.5. The average molecular weight is 272 g/mol. The highest BCUT2D eigenvalue weighted by Crippen LogP contribution is 2.15. The van der Waals surface area contributed by atoms with Gasteiger partial charge in [-0.1, -0.05) is 0 Å². The summed E-state index contributed by atoms with van der Waals surface area (Å²) in [5.41, 5.74) is 1.30. The van der Waals surface area contributed by atoms with E-state index in [0.717, 1.165) is 5.56 Å². The molecule has 0 aromatic heterocycles. The number of aromatic hydroxyl groups is 1. The number of hydrogen-bond acceptors (Lipinski definition) is 3. The quantitative estimate of drug-likeness (QED) is 0.779. The molecule has 0 radical (unpaired) electrons. The second-order valence-corrected chi connectivity index (χ2v) is 4.71. The molecule has 18 heavy (non-hydrogen) atoms. The van der Waals surface area contributed by atoms with Crippen LogP contribution in [0.2, 0.25) is 0 Å². The van der Waals surface area contributed by atoms with Gasteiger partial charge in [-0.15, -0.1) is 11.6 Å². The van der Waals surface area contributed by atoms with Gasteiger partial charge in [0.05, 0.1) is 12.0 Å². The van der Waals surface area contributed by atoms with Crippen molar-refractivity contribution in [2.45, 2.75) is 18.7 Å². The van der Waals surface area contributed by atoms with Gasteiger partial charge in [-0.2, -0.15) is 0 Å². The van der Waals surface area contributed by atoms with Crippen LogP contribution in [0.5, 0.6) is 5.75 Å². The Balaban J connectivity index is 2.45. The highest BCUT2D eigenvalue weighted by molar-refractivity contribution is 6.20. The molecule has 0 aliphatic carbocycles. The molecule has 0 spiro atoms. The van der Waals surface area contributed by atoms with Gasteiger partial charge in [0, 0.05) is 19.2 Å². The van der Waals surface area contributed by atoms with Crippen LogP contribution in [0.3, 0.4) is 0 Å². The molecule has 1 aromatic carbocycles. The molecule has 1 atom stereocenters. The molecule has 4 nitrogen and oxygen atoms in total. The second-order valence-electron chi connectivity index (χ2n) is 4.10. The van der Waals surface area contributed by atoms with E-state index < -0.39 is 0 Å². The van der Waals surface area contributed by atoms with Crippen LogP contribution in [0.15, 0.2) is 18.2 Å². The smallest absolute Gasteiger partial charge is 0.251 e. The lowest BCUT2D eigenvalue weighted by Crippen LogP contribution is -2.27. The number of carbonyl (C=O) groups is 1. The van der Waals surface area contributed by atoms with Crippen LogP contribution >= 0.6 is 11.6 Å². The number of phenolic OH excluding ortho intramolecular Hbond substituents is 1. The molecule has 100 valence electrons. The predicted octanol–water partition coefficient (Wildman–Crippen LogP) is 2.07. The van der Waals surface area contributed by atoms with Gasteiger partial charge in [-0.25, -0.2) is 0 Å². The molecule has 1 unspecified atom stereocenters. The van der Waals surface area contributed by atoms with E-state index in [-0.39, 0.29) is 17.0 Å². The van der Waals surface area contributed by atoms with Crippen molar-refractivity contribution in [2.75, 3.05) is 20.3 Å². The molecular formula is C13H18ClNO3. The van der Waals surface area contributed by atoms with E-state index in [4.69, 9.17) is 16.3 Å². The molecule has 0 saturated heterocycles. The van der Waals surface area contributed by atoms with Gasteiger partial charge in [0.25, 0.3) is 5.91 Å². The van der Waals surface area contributed by atoms with E-state index in [9.17, 15) is 9.90 Å². The Morgan fingerprint density at radius 1 is 1.56 bits per heavy atom. The van der Waals surface area contributed by atoms with Crippen LogP contribution in [0.4, 0.5) is 0 Å². The minimum atomic E-state index is -0.159. The van der Waals surface area contributed by atoms with Gasteiger partial charge in [-0.3, -0.25) is 4.79 Å². The van der Waals surface area contributed by atoms with Crippen molar-refractivity contribution < 1.29 is 14.6 Å². The van der Waals surface area contributed by atoms with Crippen LogP contribution < -0.4 is 5.32 Å². The molecule has 2 N–H and O–H groups in total. The fourth-order valence-electron chi connectivity index (χ4n) is 1.60. The van der Waals surface area contributed by atoms with Gasteiger partial charge < -0.3 is 15.2 Å². The van der Waals surface area contributed by atoms with Crippen LogP contribution in [-0.2, 0) is 4.74 Å². The zero-order valence-corrected chi connectivity index (χ0v) is 11.3. The fourth-order valence-corrected chi connectivity index (χ4v) is 1.84. The first kappa shape index (κ1) is 14.8. The molecular weight excluding hydrogens is 254 g/mol. The first-order valence-corrected chi connectivity index (χ1v) is 6.19. The summed E-state index contributed by atoms with van der Waals surface area (Å²) < 4.78 is 4.91. The van der Waals surface area contributed by atoms with Crippen molar-refractivity contribution in [1.29, 1.82) is 0 Å². The minimum Gasteiger partial charge on any atom is -0.508 e. The van der Waals surface area contributed by atoms with Gasteiger partial charge in [0.15, 0.2) is 0 Å². The number of alkyl halides is 1. The minimum absolute atomic E-state index is 0.101. The summed E-state index contributed by atoms with van der Waals surface area (Å²) in [5, 5.41) is 12.0. The molecule has 0 heterocycles. The van der Waals surface area contributed by atoms with Crippen LogP contribution in [0, 0.1) is 6.92 Å². The monoisotopic (exact) mass is 271 g/mol. The number of amides is 1. The normalized spacial score (nSPS) is 12.2. The van der Waals surface area contributed by atoms with Gasteiger partial charge in [0.1, 0.15) is 5.75 Å². The molecule has 0 aliphatic rings. The first-order chi connectivity index (χ1) is 8.54. The summed E-state index contributed by atoms with van der Waals surface area (Å²) in [6, 6.07) is 4.66. The molecule has 0 fully saturated rings. The number of benzene rings is 1. The average Bonchev–Trinajstić information content (AvgIpc) is 2.29. The van der Waals surface area contributed by atoms with E-state index >= 15 is 0 Å². The standard InChI is InChI=1S/C13H18ClNO3/c1-9-7-11(16)3-4-12(9)13(17)15-6-5-10(14)8-18-2/h3-4,7,10,16H,5-6,8H2,1-2H3,(H,15,17). The van der Waals surface area contributed by atoms with Crippen molar-refractivity contribution in [3.8, 4) is 5.75 Å². The maximum atomic E-state index is 11.8. The largest absolute Gasteiger partial charge is 0.508 e. The van der Waals surface area contributed by atoms with Crippen molar-refractivity contribution in [3.63, 3.8) is 0 Å². The zero-order valence-electron chi connectivity index (χ0n) is 10.6. The number of halogens is 1. The lowest BCUT2D eigenvalue weighted by atomic mass is 10.1. The molecule has 0 bridgehead atoms. The SMILES string of the molecule is COCC(Cl)CCNC(=O)c1ccc(O)cc1C. The third-order valence-corrected chi connectivity index (χ3v) is 2.89. The predicted molar refractivity (Wildman–Crippen MR) is 71.3 cm³/mol.